The molecule has 0 amide bonds. The normalized spacial score (nSPS) is 18.2. The Morgan fingerprint density at radius 2 is 2.38 bits per heavy atom. The minimum Gasteiger partial charge on any atom is -0.374 e. The van der Waals surface area contributed by atoms with E-state index in [-0.39, 0.29) is 6.10 Å². The Labute approximate surface area is 141 Å². The molecule has 1 aliphatic heterocycles. The maximum atomic E-state index is 8.84. The van der Waals surface area contributed by atoms with Gasteiger partial charge < -0.3 is 9.64 Å². The van der Waals surface area contributed by atoms with Crippen LogP contribution in [0.5, 0.6) is 0 Å². The summed E-state index contributed by atoms with van der Waals surface area (Å²) < 4.78 is 7.69. The number of anilines is 1. The van der Waals surface area contributed by atoms with Crippen molar-refractivity contribution in [2.75, 3.05) is 44.7 Å². The van der Waals surface area contributed by atoms with Gasteiger partial charge >= 0.3 is 0 Å². The summed E-state index contributed by atoms with van der Waals surface area (Å²) in [5.41, 5.74) is 0.598. The topological polar surface area (TPSA) is 83.1 Å². The van der Waals surface area contributed by atoms with Crippen LogP contribution < -0.4 is 4.90 Å². The molecule has 0 aliphatic carbocycles. The van der Waals surface area contributed by atoms with Gasteiger partial charge in [-0.05, 0) is 12.1 Å². The highest BCUT2D eigenvalue weighted by atomic mass is 16.5. The van der Waals surface area contributed by atoms with E-state index in [2.05, 4.69) is 31.2 Å². The number of ether oxygens (including phenoxy) is 1. The zero-order valence-corrected chi connectivity index (χ0v) is 13.7. The lowest BCUT2D eigenvalue weighted by Crippen LogP contribution is -2.48. The van der Waals surface area contributed by atoms with Crippen LogP contribution in [0.15, 0.2) is 30.7 Å². The van der Waals surface area contributed by atoms with E-state index in [1.54, 1.807) is 18.6 Å². The molecule has 2 aromatic heterocycles. The van der Waals surface area contributed by atoms with E-state index in [1.807, 2.05) is 23.9 Å². The molecule has 1 atom stereocenters. The average Bonchev–Trinajstić information content (AvgIpc) is 3.09. The molecule has 0 aromatic carbocycles. The van der Waals surface area contributed by atoms with Gasteiger partial charge in [0.25, 0.3) is 0 Å². The zero-order valence-electron chi connectivity index (χ0n) is 13.7. The molecule has 3 heterocycles. The van der Waals surface area contributed by atoms with E-state index in [1.165, 1.54) is 0 Å². The Morgan fingerprint density at radius 1 is 1.46 bits per heavy atom. The van der Waals surface area contributed by atoms with Crippen molar-refractivity contribution in [3.05, 3.63) is 36.3 Å². The van der Waals surface area contributed by atoms with Gasteiger partial charge in [-0.2, -0.15) is 15.5 Å². The summed E-state index contributed by atoms with van der Waals surface area (Å²) in [4.78, 5) is 4.43. The Morgan fingerprint density at radius 3 is 3.12 bits per heavy atom. The van der Waals surface area contributed by atoms with Crippen LogP contribution in [-0.4, -0.2) is 70.8 Å². The van der Waals surface area contributed by atoms with Crippen molar-refractivity contribution in [3.8, 4) is 6.07 Å². The Kier molecular flexibility index (Phi) is 5.36. The van der Waals surface area contributed by atoms with Gasteiger partial charge in [-0.1, -0.05) is 0 Å². The van der Waals surface area contributed by atoms with Crippen LogP contribution in [0.25, 0.3) is 0 Å². The van der Waals surface area contributed by atoms with Crippen molar-refractivity contribution in [3.63, 3.8) is 0 Å². The standard InChI is InChI=1S/C16H21N7O/c1-21(16-3-2-4-18-20-16)12-15-13-22(7-8-24-15)5-6-23-11-14(9-17)10-19-23/h2-4,10-11,15H,5-8,12-13H2,1H3/t15-/m0/s1. The smallest absolute Gasteiger partial charge is 0.151 e. The highest BCUT2D eigenvalue weighted by Gasteiger charge is 2.22. The minimum atomic E-state index is 0.137. The molecular formula is C16H21N7O. The monoisotopic (exact) mass is 327 g/mol. The molecule has 0 spiro atoms. The first kappa shape index (κ1) is 16.4. The van der Waals surface area contributed by atoms with Gasteiger partial charge in [0.05, 0.1) is 31.0 Å². The van der Waals surface area contributed by atoms with Gasteiger partial charge in [0.2, 0.25) is 0 Å². The molecule has 0 N–H and O–H groups in total. The lowest BCUT2D eigenvalue weighted by Gasteiger charge is -2.34. The van der Waals surface area contributed by atoms with Crippen LogP contribution in [0.1, 0.15) is 5.56 Å². The van der Waals surface area contributed by atoms with E-state index in [9.17, 15) is 0 Å². The van der Waals surface area contributed by atoms with Crippen molar-refractivity contribution in [2.24, 2.45) is 0 Å². The van der Waals surface area contributed by atoms with Gasteiger partial charge in [-0.3, -0.25) is 9.58 Å². The van der Waals surface area contributed by atoms with Crippen molar-refractivity contribution in [1.29, 1.82) is 5.26 Å². The zero-order chi connectivity index (χ0) is 16.8. The van der Waals surface area contributed by atoms with Gasteiger partial charge in [0, 0.05) is 45.6 Å². The molecule has 126 valence electrons. The molecule has 8 heteroatoms. The second-order valence-electron chi connectivity index (χ2n) is 5.86. The first-order valence-electron chi connectivity index (χ1n) is 8.00. The van der Waals surface area contributed by atoms with Crippen LogP contribution in [-0.2, 0) is 11.3 Å². The molecule has 0 bridgehead atoms. The minimum absolute atomic E-state index is 0.137. The van der Waals surface area contributed by atoms with E-state index >= 15 is 0 Å². The second-order valence-corrected chi connectivity index (χ2v) is 5.86. The highest BCUT2D eigenvalue weighted by Crippen LogP contribution is 2.11. The summed E-state index contributed by atoms with van der Waals surface area (Å²) in [6.45, 7) is 4.95. The van der Waals surface area contributed by atoms with Gasteiger partial charge in [-0.25, -0.2) is 0 Å². The maximum Gasteiger partial charge on any atom is 0.151 e. The van der Waals surface area contributed by atoms with E-state index in [0.29, 0.717) is 5.56 Å². The summed E-state index contributed by atoms with van der Waals surface area (Å²) >= 11 is 0. The van der Waals surface area contributed by atoms with Crippen molar-refractivity contribution < 1.29 is 4.74 Å². The van der Waals surface area contributed by atoms with Gasteiger partial charge in [-0.15, -0.1) is 5.10 Å². The third kappa shape index (κ3) is 4.28. The van der Waals surface area contributed by atoms with Gasteiger partial charge in [0.1, 0.15) is 6.07 Å². The molecule has 0 saturated carbocycles. The van der Waals surface area contributed by atoms with Crippen molar-refractivity contribution >= 4 is 5.82 Å². The summed E-state index contributed by atoms with van der Waals surface area (Å²) in [5, 5.41) is 21.1. The number of hydrogen-bond donors (Lipinski definition) is 0. The van der Waals surface area contributed by atoms with Crippen LogP contribution in [0.2, 0.25) is 0 Å². The average molecular weight is 327 g/mol. The summed E-state index contributed by atoms with van der Waals surface area (Å²) in [6, 6.07) is 5.92. The summed E-state index contributed by atoms with van der Waals surface area (Å²) in [7, 11) is 2.00. The molecule has 8 nitrogen and oxygen atoms in total. The van der Waals surface area contributed by atoms with Crippen molar-refractivity contribution in [1.82, 2.24) is 24.9 Å². The molecule has 3 rings (SSSR count). The fourth-order valence-corrected chi connectivity index (χ4v) is 2.78. The molecular weight excluding hydrogens is 306 g/mol. The summed E-state index contributed by atoms with van der Waals surface area (Å²) in [6.07, 6.45) is 5.18. The molecule has 2 aromatic rings. The fourth-order valence-electron chi connectivity index (χ4n) is 2.78. The SMILES string of the molecule is CN(C[C@H]1CN(CCn2cc(C#N)cn2)CCO1)c1cccnn1. The van der Waals surface area contributed by atoms with E-state index in [4.69, 9.17) is 10.00 Å². The molecule has 1 fully saturated rings. The van der Waals surface area contributed by atoms with E-state index in [0.717, 1.165) is 45.1 Å². The first-order valence-corrected chi connectivity index (χ1v) is 8.00. The lowest BCUT2D eigenvalue weighted by molar-refractivity contribution is -0.0247. The number of hydrogen-bond acceptors (Lipinski definition) is 7. The number of rotatable bonds is 6. The molecule has 0 radical (unpaired) electrons. The lowest BCUT2D eigenvalue weighted by atomic mass is 10.2. The third-order valence-corrected chi connectivity index (χ3v) is 4.06. The third-order valence-electron chi connectivity index (χ3n) is 4.06. The first-order chi connectivity index (χ1) is 11.7. The Hall–Kier alpha value is -2.50. The van der Waals surface area contributed by atoms with E-state index < -0.39 is 0 Å². The Balaban J connectivity index is 1.48. The molecule has 24 heavy (non-hydrogen) atoms. The highest BCUT2D eigenvalue weighted by molar-refractivity contribution is 5.35. The predicted molar refractivity (Wildman–Crippen MR) is 88.4 cm³/mol. The predicted octanol–water partition coefficient (Wildman–Crippen LogP) is 0.382. The number of likely N-dealkylation sites (N-methyl/N-ethyl adjacent to an activating group) is 1. The quantitative estimate of drug-likeness (QED) is 0.758. The number of morpholine rings is 1. The Bertz CT molecular complexity index is 681. The molecule has 0 unspecified atom stereocenters. The number of nitrogens with zero attached hydrogens (tertiary/aromatic N) is 7. The maximum absolute atomic E-state index is 8.84. The largest absolute Gasteiger partial charge is 0.374 e. The summed E-state index contributed by atoms with van der Waals surface area (Å²) in [5.74, 6) is 0.846. The second kappa shape index (κ2) is 7.86. The number of nitriles is 1. The van der Waals surface area contributed by atoms with Gasteiger partial charge in [0.15, 0.2) is 5.82 Å². The van der Waals surface area contributed by atoms with Crippen LogP contribution in [0, 0.1) is 11.3 Å². The molecule has 1 saturated heterocycles. The number of aromatic nitrogens is 4. The van der Waals surface area contributed by atoms with Crippen molar-refractivity contribution in [2.45, 2.75) is 12.6 Å². The van der Waals surface area contributed by atoms with Crippen LogP contribution in [0.3, 0.4) is 0 Å². The van der Waals surface area contributed by atoms with Crippen LogP contribution >= 0.6 is 0 Å². The van der Waals surface area contributed by atoms with Crippen LogP contribution in [0.4, 0.5) is 5.82 Å². The fraction of sp³-hybridized carbons (Fsp3) is 0.500. The molecule has 1 aliphatic rings.